The normalized spacial score (nSPS) is 11.1. The number of nitriles is 2. The van der Waals surface area contributed by atoms with Crippen molar-refractivity contribution in [2.24, 2.45) is 0 Å². The van der Waals surface area contributed by atoms with Crippen LogP contribution >= 0.6 is 0 Å². The van der Waals surface area contributed by atoms with Crippen molar-refractivity contribution >= 4 is 32.3 Å². The molecule has 0 saturated carbocycles. The third-order valence-corrected chi connectivity index (χ3v) is 8.12. The number of benzene rings is 4. The van der Waals surface area contributed by atoms with Crippen LogP contribution in [0.3, 0.4) is 0 Å². The van der Waals surface area contributed by atoms with Gasteiger partial charge in [0.1, 0.15) is 0 Å². The topological polar surface area (TPSA) is 99.1 Å². The molecule has 0 aliphatic rings. The van der Waals surface area contributed by atoms with Crippen LogP contribution in [0.1, 0.15) is 11.1 Å². The molecule has 4 aromatic carbocycles. The van der Waals surface area contributed by atoms with Gasteiger partial charge in [-0.1, -0.05) is 60.7 Å². The molecule has 0 radical (unpaired) electrons. The van der Waals surface area contributed by atoms with Crippen molar-refractivity contribution in [3.8, 4) is 57.2 Å². The summed E-state index contributed by atoms with van der Waals surface area (Å²) in [4.78, 5) is 18.2. The Kier molecular flexibility index (Phi) is 5.79. The molecule has 0 atom stereocenters. The van der Waals surface area contributed by atoms with Gasteiger partial charge in [0.25, 0.3) is 0 Å². The molecule has 0 unspecified atom stereocenters. The highest BCUT2D eigenvalue weighted by atomic mass is 14.8. The standard InChI is InChI=1S/C38H20N6/c39-19-23-13-15-41-35(17-23)33-11-5-27(21-43-33)29-7-1-25-3-9-32-30(8-2-26-4-10-31(29)37(25)38(26)32)28-6-12-34(44-22-28)36-18-24(20-40)14-16-42-36/h1-18,21-22H. The molecule has 0 spiro atoms. The van der Waals surface area contributed by atoms with Gasteiger partial charge in [-0.2, -0.15) is 10.5 Å². The molecule has 0 N–H and O–H groups in total. The summed E-state index contributed by atoms with van der Waals surface area (Å²) in [5.41, 5.74) is 8.14. The number of rotatable bonds is 4. The van der Waals surface area contributed by atoms with Crippen LogP contribution in [0.2, 0.25) is 0 Å². The lowest BCUT2D eigenvalue weighted by Gasteiger charge is -2.16. The summed E-state index contributed by atoms with van der Waals surface area (Å²) in [5.74, 6) is 0. The number of aromatic nitrogens is 4. The van der Waals surface area contributed by atoms with E-state index in [0.717, 1.165) is 44.4 Å². The van der Waals surface area contributed by atoms with Crippen molar-refractivity contribution in [2.45, 2.75) is 0 Å². The van der Waals surface area contributed by atoms with Crippen LogP contribution in [0.4, 0.5) is 0 Å². The van der Waals surface area contributed by atoms with Crippen LogP contribution < -0.4 is 0 Å². The number of nitrogens with zero attached hydrogens (tertiary/aromatic N) is 6. The lowest BCUT2D eigenvalue weighted by molar-refractivity contribution is 1.24. The van der Waals surface area contributed by atoms with E-state index in [1.165, 1.54) is 21.5 Å². The predicted octanol–water partition coefficient (Wildman–Crippen LogP) is 8.58. The molecular formula is C38H20N6. The van der Waals surface area contributed by atoms with Crippen LogP contribution in [0, 0.1) is 22.7 Å². The van der Waals surface area contributed by atoms with E-state index in [0.29, 0.717) is 22.5 Å². The summed E-state index contributed by atoms with van der Waals surface area (Å²) in [6, 6.07) is 36.7. The molecule has 8 aromatic rings. The van der Waals surface area contributed by atoms with Crippen molar-refractivity contribution in [2.75, 3.05) is 0 Å². The molecule has 0 bridgehead atoms. The summed E-state index contributed by atoms with van der Waals surface area (Å²) in [6.07, 6.45) is 7.02. The smallest absolute Gasteiger partial charge is 0.0992 e. The maximum absolute atomic E-state index is 9.26. The molecule has 0 saturated heterocycles. The molecule has 6 nitrogen and oxygen atoms in total. The van der Waals surface area contributed by atoms with Crippen LogP contribution in [-0.2, 0) is 0 Å². The van der Waals surface area contributed by atoms with Crippen molar-refractivity contribution in [3.63, 3.8) is 0 Å². The van der Waals surface area contributed by atoms with E-state index in [1.807, 2.05) is 24.5 Å². The van der Waals surface area contributed by atoms with Crippen LogP contribution in [0.15, 0.2) is 122 Å². The number of hydrogen-bond donors (Lipinski definition) is 0. The molecule has 44 heavy (non-hydrogen) atoms. The fourth-order valence-corrected chi connectivity index (χ4v) is 5.99. The monoisotopic (exact) mass is 560 g/mol. The van der Waals surface area contributed by atoms with Crippen LogP contribution in [-0.4, -0.2) is 19.9 Å². The zero-order valence-electron chi connectivity index (χ0n) is 23.2. The Morgan fingerprint density at radius 3 is 1.30 bits per heavy atom. The van der Waals surface area contributed by atoms with Gasteiger partial charge < -0.3 is 0 Å². The third-order valence-electron chi connectivity index (χ3n) is 8.12. The minimum atomic E-state index is 0.557. The lowest BCUT2D eigenvalue weighted by atomic mass is 9.87. The van der Waals surface area contributed by atoms with Crippen molar-refractivity contribution in [1.29, 1.82) is 10.5 Å². The van der Waals surface area contributed by atoms with Gasteiger partial charge in [0.2, 0.25) is 0 Å². The minimum absolute atomic E-state index is 0.557. The first-order chi connectivity index (χ1) is 21.7. The second-order valence-electron chi connectivity index (χ2n) is 10.6. The lowest BCUT2D eigenvalue weighted by Crippen LogP contribution is -1.92. The predicted molar refractivity (Wildman–Crippen MR) is 172 cm³/mol. The quantitative estimate of drug-likeness (QED) is 0.200. The Hall–Kier alpha value is -6.50. The van der Waals surface area contributed by atoms with E-state index in [2.05, 4.69) is 82.8 Å². The van der Waals surface area contributed by atoms with Crippen molar-refractivity contribution < 1.29 is 0 Å². The SMILES string of the molecule is N#Cc1ccnc(-c2ccc(-c3ccc4ccc5c(-c6ccc(-c7cc(C#N)ccn7)nc6)ccc6ccc3c4c65)cn2)c1. The molecule has 0 amide bonds. The Bertz CT molecular complexity index is 2280. The highest BCUT2D eigenvalue weighted by molar-refractivity contribution is 6.27. The van der Waals surface area contributed by atoms with Gasteiger partial charge in [-0.05, 0) is 79.8 Å². The molecule has 0 aliphatic heterocycles. The molecule has 202 valence electrons. The first-order valence-corrected chi connectivity index (χ1v) is 14.1. The Balaban J connectivity index is 1.23. The van der Waals surface area contributed by atoms with Crippen molar-refractivity contribution in [3.05, 3.63) is 133 Å². The third kappa shape index (κ3) is 4.10. The maximum Gasteiger partial charge on any atom is 0.0992 e. The zero-order valence-corrected chi connectivity index (χ0v) is 23.2. The molecule has 8 rings (SSSR count). The molecule has 4 aromatic heterocycles. The van der Waals surface area contributed by atoms with Crippen molar-refractivity contribution in [1.82, 2.24) is 19.9 Å². The zero-order chi connectivity index (χ0) is 29.6. The first-order valence-electron chi connectivity index (χ1n) is 14.1. The average molecular weight is 561 g/mol. The fraction of sp³-hybridized carbons (Fsp3) is 0. The molecular weight excluding hydrogens is 540 g/mol. The highest BCUT2D eigenvalue weighted by Gasteiger charge is 2.16. The average Bonchev–Trinajstić information content (AvgIpc) is 3.10. The van der Waals surface area contributed by atoms with E-state index in [1.54, 1.807) is 36.7 Å². The van der Waals surface area contributed by atoms with E-state index < -0.39 is 0 Å². The molecule has 4 heterocycles. The van der Waals surface area contributed by atoms with Gasteiger partial charge in [0, 0.05) is 35.9 Å². The summed E-state index contributed by atoms with van der Waals surface area (Å²) in [5, 5.41) is 25.6. The summed E-state index contributed by atoms with van der Waals surface area (Å²) < 4.78 is 0. The number of hydrogen-bond acceptors (Lipinski definition) is 6. The summed E-state index contributed by atoms with van der Waals surface area (Å²) in [7, 11) is 0. The number of pyridine rings is 4. The van der Waals surface area contributed by atoms with Crippen LogP contribution in [0.5, 0.6) is 0 Å². The van der Waals surface area contributed by atoms with Gasteiger partial charge in [-0.3, -0.25) is 19.9 Å². The van der Waals surface area contributed by atoms with E-state index in [4.69, 9.17) is 9.97 Å². The van der Waals surface area contributed by atoms with Gasteiger partial charge in [-0.15, -0.1) is 0 Å². The van der Waals surface area contributed by atoms with Gasteiger partial charge in [0.05, 0.1) is 46.0 Å². The van der Waals surface area contributed by atoms with Crippen LogP contribution in [0.25, 0.3) is 77.3 Å². The fourth-order valence-electron chi connectivity index (χ4n) is 5.99. The highest BCUT2D eigenvalue weighted by Crippen LogP contribution is 2.42. The van der Waals surface area contributed by atoms with E-state index in [9.17, 15) is 10.5 Å². The maximum atomic E-state index is 9.26. The minimum Gasteiger partial charge on any atom is -0.255 e. The Morgan fingerprint density at radius 2 is 0.886 bits per heavy atom. The Labute approximate surface area is 252 Å². The van der Waals surface area contributed by atoms with E-state index >= 15 is 0 Å². The second-order valence-corrected chi connectivity index (χ2v) is 10.6. The summed E-state index contributed by atoms with van der Waals surface area (Å²) >= 11 is 0. The molecule has 0 aliphatic carbocycles. The molecule has 6 heteroatoms. The first kappa shape index (κ1) is 25.2. The van der Waals surface area contributed by atoms with Gasteiger partial charge >= 0.3 is 0 Å². The second kappa shape index (κ2) is 10.1. The molecule has 0 fully saturated rings. The van der Waals surface area contributed by atoms with Gasteiger partial charge in [0.15, 0.2) is 0 Å². The Morgan fingerprint density at radius 1 is 0.432 bits per heavy atom. The van der Waals surface area contributed by atoms with Gasteiger partial charge in [-0.25, -0.2) is 0 Å². The summed E-state index contributed by atoms with van der Waals surface area (Å²) in [6.45, 7) is 0. The van der Waals surface area contributed by atoms with E-state index in [-0.39, 0.29) is 0 Å². The largest absolute Gasteiger partial charge is 0.255 e.